The Labute approximate surface area is 164 Å². The number of hydrogen-bond acceptors (Lipinski definition) is 4. The Morgan fingerprint density at radius 2 is 1.89 bits per heavy atom. The summed E-state index contributed by atoms with van der Waals surface area (Å²) in [6.45, 7) is 1.06. The van der Waals surface area contributed by atoms with Crippen LogP contribution in [0.4, 0.5) is 13.2 Å². The number of nitrogens with one attached hydrogen (secondary N) is 1. The Bertz CT molecular complexity index is 953. The van der Waals surface area contributed by atoms with Crippen LogP contribution in [0.15, 0.2) is 53.9 Å². The topological polar surface area (TPSA) is 51.2 Å². The molecule has 28 heavy (non-hydrogen) atoms. The second-order valence-corrected chi connectivity index (χ2v) is 6.99. The third-order valence-corrected chi connectivity index (χ3v) is 4.72. The second kappa shape index (κ2) is 8.43. The largest absolute Gasteiger partial charge is 0.489 e. The van der Waals surface area contributed by atoms with Gasteiger partial charge in [0.25, 0.3) is 11.8 Å². The quantitative estimate of drug-likeness (QED) is 0.607. The summed E-state index contributed by atoms with van der Waals surface area (Å²) in [6.07, 6.45) is 0. The lowest BCUT2D eigenvalue weighted by Gasteiger charge is -2.08. The van der Waals surface area contributed by atoms with E-state index in [0.29, 0.717) is 11.3 Å². The van der Waals surface area contributed by atoms with Gasteiger partial charge in [-0.3, -0.25) is 4.79 Å². The van der Waals surface area contributed by atoms with E-state index >= 15 is 0 Å². The first-order valence-electron chi connectivity index (χ1n) is 8.40. The molecule has 3 aromatic rings. The standard InChI is InChI=1S/C20H17F3N2O2S/c1-20(22,23)17-12-28-19(25-17)18(26)24-10-13-6-8-15(9-7-13)27-11-14-4-2-3-5-16(14)21/h2-9,12H,10-11H2,1H3,(H,24,26). The van der Waals surface area contributed by atoms with Crippen LogP contribution in [-0.4, -0.2) is 10.9 Å². The Morgan fingerprint density at radius 1 is 1.18 bits per heavy atom. The number of carbonyl (C=O) groups excluding carboxylic acids is 1. The van der Waals surface area contributed by atoms with Crippen molar-refractivity contribution in [2.75, 3.05) is 0 Å². The Hall–Kier alpha value is -2.87. The zero-order valence-electron chi connectivity index (χ0n) is 14.9. The predicted octanol–water partition coefficient (Wildman–Crippen LogP) is 4.90. The van der Waals surface area contributed by atoms with Gasteiger partial charge in [0, 0.05) is 24.4 Å². The molecule has 3 rings (SSSR count). The van der Waals surface area contributed by atoms with E-state index in [-0.39, 0.29) is 24.0 Å². The molecular weight excluding hydrogens is 389 g/mol. The maximum atomic E-state index is 13.6. The van der Waals surface area contributed by atoms with Crippen molar-refractivity contribution >= 4 is 17.2 Å². The highest BCUT2D eigenvalue weighted by molar-refractivity contribution is 7.11. The molecule has 0 aliphatic rings. The van der Waals surface area contributed by atoms with Crippen LogP contribution in [0.5, 0.6) is 5.75 Å². The van der Waals surface area contributed by atoms with Gasteiger partial charge in [0.15, 0.2) is 5.01 Å². The van der Waals surface area contributed by atoms with Crippen LogP contribution in [0, 0.1) is 5.82 Å². The van der Waals surface area contributed by atoms with Crippen molar-refractivity contribution < 1.29 is 22.7 Å². The minimum atomic E-state index is -3.08. The maximum absolute atomic E-state index is 13.6. The van der Waals surface area contributed by atoms with Gasteiger partial charge in [-0.25, -0.2) is 9.37 Å². The fraction of sp³-hybridized carbons (Fsp3) is 0.200. The van der Waals surface area contributed by atoms with Crippen LogP contribution < -0.4 is 10.1 Å². The third-order valence-electron chi connectivity index (χ3n) is 3.88. The highest BCUT2D eigenvalue weighted by Crippen LogP contribution is 2.27. The summed E-state index contributed by atoms with van der Waals surface area (Å²) >= 11 is 0.874. The number of benzene rings is 2. The van der Waals surface area contributed by atoms with Crippen molar-refractivity contribution in [1.82, 2.24) is 10.3 Å². The number of aromatic nitrogens is 1. The molecule has 1 N–H and O–H groups in total. The summed E-state index contributed by atoms with van der Waals surface area (Å²) < 4.78 is 45.5. The van der Waals surface area contributed by atoms with Gasteiger partial charge in [-0.2, -0.15) is 8.78 Å². The zero-order chi connectivity index (χ0) is 20.1. The Balaban J connectivity index is 1.52. The minimum Gasteiger partial charge on any atom is -0.489 e. The van der Waals surface area contributed by atoms with Gasteiger partial charge in [0.2, 0.25) is 0 Å². The highest BCUT2D eigenvalue weighted by atomic mass is 32.1. The number of hydrogen-bond donors (Lipinski definition) is 1. The fourth-order valence-electron chi connectivity index (χ4n) is 2.32. The summed E-state index contributed by atoms with van der Waals surface area (Å²) in [7, 11) is 0. The van der Waals surface area contributed by atoms with Crippen molar-refractivity contribution in [3.8, 4) is 5.75 Å². The Kier molecular flexibility index (Phi) is 5.99. The molecule has 0 bridgehead atoms. The summed E-state index contributed by atoms with van der Waals surface area (Å²) in [6, 6.07) is 13.3. The monoisotopic (exact) mass is 406 g/mol. The third kappa shape index (κ3) is 5.10. The molecule has 1 aromatic heterocycles. The van der Waals surface area contributed by atoms with Crippen molar-refractivity contribution in [1.29, 1.82) is 0 Å². The average Bonchev–Trinajstić information content (AvgIpc) is 3.17. The van der Waals surface area contributed by atoms with Crippen LogP contribution in [0.2, 0.25) is 0 Å². The maximum Gasteiger partial charge on any atom is 0.287 e. The molecule has 0 aliphatic heterocycles. The van der Waals surface area contributed by atoms with Crippen LogP contribution in [0.25, 0.3) is 0 Å². The normalized spacial score (nSPS) is 11.3. The van der Waals surface area contributed by atoms with Gasteiger partial charge in [0.05, 0.1) is 0 Å². The summed E-state index contributed by atoms with van der Waals surface area (Å²) in [5.41, 5.74) is 0.836. The molecule has 4 nitrogen and oxygen atoms in total. The molecule has 0 aliphatic carbocycles. The molecule has 146 valence electrons. The van der Waals surface area contributed by atoms with E-state index < -0.39 is 17.5 Å². The molecule has 1 amide bonds. The number of thiazole rings is 1. The van der Waals surface area contributed by atoms with E-state index in [1.807, 2.05) is 0 Å². The van der Waals surface area contributed by atoms with Gasteiger partial charge in [0.1, 0.15) is 23.9 Å². The number of ether oxygens (including phenoxy) is 1. The number of halogens is 3. The van der Waals surface area contributed by atoms with E-state index in [0.717, 1.165) is 23.8 Å². The number of alkyl halides is 2. The lowest BCUT2D eigenvalue weighted by Crippen LogP contribution is -2.23. The molecule has 0 radical (unpaired) electrons. The predicted molar refractivity (Wildman–Crippen MR) is 100 cm³/mol. The van der Waals surface area contributed by atoms with Gasteiger partial charge >= 0.3 is 0 Å². The van der Waals surface area contributed by atoms with Crippen molar-refractivity contribution in [2.24, 2.45) is 0 Å². The molecular formula is C20H17F3N2O2S. The van der Waals surface area contributed by atoms with Crippen molar-refractivity contribution in [3.63, 3.8) is 0 Å². The van der Waals surface area contributed by atoms with Gasteiger partial charge in [-0.05, 0) is 23.8 Å². The molecule has 0 spiro atoms. The first-order valence-corrected chi connectivity index (χ1v) is 9.28. The van der Waals surface area contributed by atoms with Crippen molar-refractivity contribution in [2.45, 2.75) is 26.0 Å². The first-order chi connectivity index (χ1) is 13.3. The minimum absolute atomic E-state index is 0.0126. The second-order valence-electron chi connectivity index (χ2n) is 6.13. The Morgan fingerprint density at radius 3 is 2.54 bits per heavy atom. The van der Waals surface area contributed by atoms with Crippen LogP contribution >= 0.6 is 11.3 Å². The number of nitrogens with zero attached hydrogens (tertiary/aromatic N) is 1. The fourth-order valence-corrected chi connectivity index (χ4v) is 3.13. The molecule has 0 atom stereocenters. The van der Waals surface area contributed by atoms with Crippen LogP contribution in [0.1, 0.15) is 33.5 Å². The molecule has 0 saturated heterocycles. The molecule has 0 saturated carbocycles. The lowest BCUT2D eigenvalue weighted by molar-refractivity contribution is 0.0133. The van der Waals surface area contributed by atoms with Crippen LogP contribution in [0.3, 0.4) is 0 Å². The van der Waals surface area contributed by atoms with Crippen LogP contribution in [-0.2, 0) is 19.1 Å². The van der Waals surface area contributed by atoms with Crippen molar-refractivity contribution in [3.05, 3.63) is 81.6 Å². The zero-order valence-corrected chi connectivity index (χ0v) is 15.7. The SMILES string of the molecule is CC(F)(F)c1csc(C(=O)NCc2ccc(OCc3ccccc3F)cc2)n1. The number of amides is 1. The van der Waals surface area contributed by atoms with E-state index in [9.17, 15) is 18.0 Å². The van der Waals surface area contributed by atoms with Gasteiger partial charge in [-0.1, -0.05) is 30.3 Å². The average molecular weight is 406 g/mol. The first kappa shape index (κ1) is 19.9. The number of carbonyl (C=O) groups is 1. The van der Waals surface area contributed by atoms with Gasteiger partial charge < -0.3 is 10.1 Å². The summed E-state index contributed by atoms with van der Waals surface area (Å²) in [4.78, 5) is 15.7. The molecule has 0 fully saturated rings. The summed E-state index contributed by atoms with van der Waals surface area (Å²) in [5, 5.41) is 3.80. The molecule has 0 unspecified atom stereocenters. The van der Waals surface area contributed by atoms with E-state index in [1.165, 1.54) is 11.4 Å². The lowest BCUT2D eigenvalue weighted by atomic mass is 10.2. The highest BCUT2D eigenvalue weighted by Gasteiger charge is 2.28. The molecule has 2 aromatic carbocycles. The smallest absolute Gasteiger partial charge is 0.287 e. The van der Waals surface area contributed by atoms with E-state index in [1.54, 1.807) is 42.5 Å². The van der Waals surface area contributed by atoms with Gasteiger partial charge in [-0.15, -0.1) is 11.3 Å². The molecule has 8 heteroatoms. The molecule has 1 heterocycles. The van der Waals surface area contributed by atoms with E-state index in [4.69, 9.17) is 4.74 Å². The summed E-state index contributed by atoms with van der Waals surface area (Å²) in [5.74, 6) is -3.35. The number of rotatable bonds is 7. The van der Waals surface area contributed by atoms with E-state index in [2.05, 4.69) is 10.3 Å².